The molecule has 0 aliphatic carbocycles. The third-order valence-corrected chi connectivity index (χ3v) is 8.61. The molecule has 0 aliphatic heterocycles. The molecular weight excluding hydrogens is 554 g/mol. The van der Waals surface area contributed by atoms with Crippen LogP contribution in [0.5, 0.6) is 11.5 Å². The molecule has 226 valence electrons. The van der Waals surface area contributed by atoms with E-state index in [4.69, 9.17) is 9.47 Å². The highest BCUT2D eigenvalue weighted by molar-refractivity contribution is 7.92. The third-order valence-electron chi connectivity index (χ3n) is 6.83. The van der Waals surface area contributed by atoms with Crippen LogP contribution in [0.15, 0.2) is 83.8 Å². The van der Waals surface area contributed by atoms with Gasteiger partial charge in [-0.05, 0) is 60.7 Å². The highest BCUT2D eigenvalue weighted by Crippen LogP contribution is 2.33. The van der Waals surface area contributed by atoms with Crippen molar-refractivity contribution < 1.29 is 27.5 Å². The van der Waals surface area contributed by atoms with Crippen molar-refractivity contribution in [3.05, 3.63) is 84.4 Å². The van der Waals surface area contributed by atoms with Gasteiger partial charge in [0.15, 0.2) is 0 Å². The zero-order valence-corrected chi connectivity index (χ0v) is 25.8. The molecule has 0 saturated heterocycles. The van der Waals surface area contributed by atoms with Gasteiger partial charge in [0.1, 0.15) is 24.1 Å². The topological polar surface area (TPSA) is 105 Å². The van der Waals surface area contributed by atoms with Gasteiger partial charge in [-0.15, -0.1) is 0 Å². The Kier molecular flexibility index (Phi) is 11.8. The maximum atomic E-state index is 14.1. The summed E-state index contributed by atoms with van der Waals surface area (Å²) in [4.78, 5) is 28.9. The van der Waals surface area contributed by atoms with Gasteiger partial charge in [0.05, 0.1) is 24.8 Å². The fourth-order valence-corrected chi connectivity index (χ4v) is 5.97. The number of sulfonamides is 1. The van der Waals surface area contributed by atoms with Crippen LogP contribution < -0.4 is 19.1 Å². The third kappa shape index (κ3) is 8.25. The van der Waals surface area contributed by atoms with Crippen LogP contribution in [0.1, 0.15) is 32.8 Å². The van der Waals surface area contributed by atoms with Gasteiger partial charge in [0.25, 0.3) is 10.0 Å². The lowest BCUT2D eigenvalue weighted by molar-refractivity contribution is -0.139. The molecule has 2 amide bonds. The zero-order chi connectivity index (χ0) is 30.7. The summed E-state index contributed by atoms with van der Waals surface area (Å²) in [7, 11) is -1.30. The van der Waals surface area contributed by atoms with Crippen LogP contribution in [0.25, 0.3) is 0 Å². The van der Waals surface area contributed by atoms with E-state index < -0.39 is 28.5 Å². The normalized spacial score (nSPS) is 12.0. The number of para-hydroxylation sites is 2. The number of amides is 2. The van der Waals surface area contributed by atoms with E-state index in [0.717, 1.165) is 9.87 Å². The van der Waals surface area contributed by atoms with Crippen LogP contribution in [0.2, 0.25) is 0 Å². The van der Waals surface area contributed by atoms with E-state index in [1.165, 1.54) is 31.3 Å². The number of carbonyl (C=O) groups is 2. The Morgan fingerprint density at radius 3 is 2.12 bits per heavy atom. The monoisotopic (exact) mass is 595 g/mol. The van der Waals surface area contributed by atoms with Gasteiger partial charge in [-0.1, -0.05) is 63.2 Å². The minimum atomic E-state index is -4.23. The lowest BCUT2D eigenvalue weighted by atomic mass is 10.1. The second kappa shape index (κ2) is 15.3. The largest absolute Gasteiger partial charge is 0.497 e. The van der Waals surface area contributed by atoms with Crippen LogP contribution >= 0.6 is 0 Å². The number of carbonyl (C=O) groups excluding carboxylic acids is 2. The van der Waals surface area contributed by atoms with Gasteiger partial charge in [-0.2, -0.15) is 0 Å². The van der Waals surface area contributed by atoms with Gasteiger partial charge in [0.2, 0.25) is 11.8 Å². The molecule has 0 bridgehead atoms. The van der Waals surface area contributed by atoms with Gasteiger partial charge in [-0.25, -0.2) is 8.42 Å². The van der Waals surface area contributed by atoms with Gasteiger partial charge in [-0.3, -0.25) is 13.9 Å². The van der Waals surface area contributed by atoms with E-state index in [0.29, 0.717) is 30.9 Å². The Bertz CT molecular complexity index is 1410. The van der Waals surface area contributed by atoms with Crippen LogP contribution in [0, 0.1) is 5.92 Å². The first-order valence-corrected chi connectivity index (χ1v) is 15.5. The Labute approximate surface area is 249 Å². The van der Waals surface area contributed by atoms with E-state index in [1.54, 1.807) is 36.4 Å². The zero-order valence-electron chi connectivity index (χ0n) is 24.9. The van der Waals surface area contributed by atoms with Gasteiger partial charge < -0.3 is 19.7 Å². The molecule has 42 heavy (non-hydrogen) atoms. The quantitative estimate of drug-likeness (QED) is 0.277. The summed E-state index contributed by atoms with van der Waals surface area (Å²) in [5.41, 5.74) is 1.21. The van der Waals surface area contributed by atoms with Crippen molar-refractivity contribution in [3.8, 4) is 11.5 Å². The fraction of sp³-hybridized carbons (Fsp3) is 0.375. The van der Waals surface area contributed by atoms with Crippen molar-refractivity contribution >= 4 is 27.5 Å². The first-order valence-electron chi connectivity index (χ1n) is 14.0. The molecule has 0 aliphatic rings. The summed E-state index contributed by atoms with van der Waals surface area (Å²) < 4.78 is 39.9. The minimum Gasteiger partial charge on any atom is -0.497 e. The van der Waals surface area contributed by atoms with E-state index >= 15 is 0 Å². The molecule has 0 heterocycles. The molecule has 10 heteroatoms. The molecule has 1 N–H and O–H groups in total. The van der Waals surface area contributed by atoms with Crippen molar-refractivity contribution in [2.75, 3.05) is 38.2 Å². The van der Waals surface area contributed by atoms with Gasteiger partial charge in [0, 0.05) is 13.1 Å². The van der Waals surface area contributed by atoms with E-state index in [-0.39, 0.29) is 29.0 Å². The molecule has 0 aromatic heterocycles. The lowest BCUT2D eigenvalue weighted by Gasteiger charge is -2.33. The molecule has 0 saturated carbocycles. The summed E-state index contributed by atoms with van der Waals surface area (Å²) in [6.45, 7) is 6.00. The Morgan fingerprint density at radius 2 is 1.52 bits per heavy atom. The number of hydrogen-bond acceptors (Lipinski definition) is 6. The van der Waals surface area contributed by atoms with E-state index in [1.807, 2.05) is 51.1 Å². The van der Waals surface area contributed by atoms with E-state index in [9.17, 15) is 18.0 Å². The summed E-state index contributed by atoms with van der Waals surface area (Å²) >= 11 is 0. The number of nitrogens with one attached hydrogen (secondary N) is 1. The predicted molar refractivity (Wildman–Crippen MR) is 164 cm³/mol. The Hall–Kier alpha value is -4.05. The first-order chi connectivity index (χ1) is 20.1. The first kappa shape index (κ1) is 32.5. The molecule has 3 aromatic rings. The van der Waals surface area contributed by atoms with Crippen LogP contribution in [-0.4, -0.2) is 65.0 Å². The maximum absolute atomic E-state index is 14.1. The Balaban J connectivity index is 2.03. The average molecular weight is 596 g/mol. The van der Waals surface area contributed by atoms with E-state index in [2.05, 4.69) is 5.32 Å². The highest BCUT2D eigenvalue weighted by atomic mass is 32.2. The van der Waals surface area contributed by atoms with Crippen molar-refractivity contribution in [2.45, 2.75) is 44.6 Å². The number of benzene rings is 3. The number of hydrogen-bond donors (Lipinski definition) is 1. The Morgan fingerprint density at radius 1 is 0.881 bits per heavy atom. The highest BCUT2D eigenvalue weighted by Gasteiger charge is 2.34. The summed E-state index contributed by atoms with van der Waals surface area (Å²) in [6, 6.07) is 21.5. The molecule has 3 rings (SSSR count). The van der Waals surface area contributed by atoms with Crippen molar-refractivity contribution in [2.24, 2.45) is 5.92 Å². The molecule has 3 aromatic carbocycles. The average Bonchev–Trinajstić information content (AvgIpc) is 3.01. The number of anilines is 1. The SMILES string of the molecule is CC[C@@H](C(=O)NCC(C)C)N(CCc1ccccc1)C(=O)CN(c1ccccc1OC)S(=O)(=O)c1ccc(OC)cc1. The van der Waals surface area contributed by atoms with Crippen molar-refractivity contribution in [1.82, 2.24) is 10.2 Å². The number of rotatable bonds is 15. The minimum absolute atomic E-state index is 0.0143. The van der Waals surface area contributed by atoms with Crippen LogP contribution in [0.3, 0.4) is 0 Å². The second-order valence-electron chi connectivity index (χ2n) is 10.2. The van der Waals surface area contributed by atoms with Crippen molar-refractivity contribution in [3.63, 3.8) is 0 Å². The molecule has 0 fully saturated rings. The number of ether oxygens (including phenoxy) is 2. The lowest BCUT2D eigenvalue weighted by Crippen LogP contribution is -2.53. The molecule has 9 nitrogen and oxygen atoms in total. The summed E-state index contributed by atoms with van der Waals surface area (Å²) in [5.74, 6) is 0.254. The fourth-order valence-electron chi connectivity index (χ4n) is 4.54. The summed E-state index contributed by atoms with van der Waals surface area (Å²) in [6.07, 6.45) is 0.866. The molecule has 0 unspecified atom stereocenters. The second-order valence-corrected chi connectivity index (χ2v) is 12.1. The molecule has 0 radical (unpaired) electrons. The van der Waals surface area contributed by atoms with Gasteiger partial charge >= 0.3 is 0 Å². The van der Waals surface area contributed by atoms with Crippen LogP contribution in [0.4, 0.5) is 5.69 Å². The van der Waals surface area contributed by atoms with Crippen LogP contribution in [-0.2, 0) is 26.0 Å². The summed E-state index contributed by atoms with van der Waals surface area (Å²) in [5, 5.41) is 2.94. The standard InChI is InChI=1S/C32H41N3O6S/c1-6-28(32(37)33-22-24(2)3)34(21-20-25-12-8-7-9-13-25)31(36)23-35(29-14-10-11-15-30(29)41-5)42(38,39)27-18-16-26(40-4)17-19-27/h7-19,24,28H,6,20-23H2,1-5H3,(H,33,37)/t28-/m0/s1. The molecule has 0 spiro atoms. The maximum Gasteiger partial charge on any atom is 0.264 e. The predicted octanol–water partition coefficient (Wildman–Crippen LogP) is 4.52. The molecular formula is C32H41N3O6S. The number of nitrogens with zero attached hydrogens (tertiary/aromatic N) is 2. The van der Waals surface area contributed by atoms with Crippen molar-refractivity contribution in [1.29, 1.82) is 0 Å². The number of methoxy groups -OCH3 is 2. The smallest absolute Gasteiger partial charge is 0.264 e. The molecule has 1 atom stereocenters.